The average molecular weight is 349 g/mol. The highest BCUT2D eigenvalue weighted by molar-refractivity contribution is 7.99. The van der Waals surface area contributed by atoms with Crippen LogP contribution in [-0.4, -0.2) is 28.0 Å². The number of nitrogens with one attached hydrogen (secondary N) is 1. The van der Waals surface area contributed by atoms with Crippen molar-refractivity contribution in [2.24, 2.45) is 0 Å². The summed E-state index contributed by atoms with van der Waals surface area (Å²) in [5.74, 6) is -0.303. The van der Waals surface area contributed by atoms with E-state index < -0.39 is 0 Å². The largest absolute Gasteiger partial charge is 0.469 e. The van der Waals surface area contributed by atoms with Crippen LogP contribution in [0.5, 0.6) is 0 Å². The number of hydrogen-bond acceptors (Lipinski definition) is 5. The maximum Gasteiger partial charge on any atom is 0.311 e. The Balaban J connectivity index is 1.77. The number of carbonyl (C=O) groups is 1. The molecule has 2 aromatic heterocycles. The first kappa shape index (κ1) is 15.7. The number of nitrogens with zero attached hydrogens (tertiary/aromatic N) is 2. The lowest BCUT2D eigenvalue weighted by Crippen LogP contribution is -2.06. The van der Waals surface area contributed by atoms with Crippen LogP contribution in [0.25, 0.3) is 21.9 Å². The molecule has 4 aromatic rings. The minimum atomic E-state index is -0.303. The summed E-state index contributed by atoms with van der Waals surface area (Å²) in [6, 6.07) is 17.7. The fourth-order valence-corrected chi connectivity index (χ4v) is 3.66. The molecule has 0 spiro atoms. The van der Waals surface area contributed by atoms with Gasteiger partial charge in [0.25, 0.3) is 0 Å². The Morgan fingerprint density at radius 2 is 1.84 bits per heavy atom. The first-order valence-corrected chi connectivity index (χ1v) is 8.62. The number of aromatic nitrogens is 3. The molecule has 0 aliphatic rings. The van der Waals surface area contributed by atoms with Gasteiger partial charge in [0.05, 0.1) is 35.8 Å². The van der Waals surface area contributed by atoms with E-state index in [1.54, 1.807) is 0 Å². The number of hydrogen-bond donors (Lipinski definition) is 1. The van der Waals surface area contributed by atoms with E-state index in [-0.39, 0.29) is 12.4 Å². The van der Waals surface area contributed by atoms with Gasteiger partial charge >= 0.3 is 5.97 Å². The standard InChI is InChI=1S/C19H15N3O2S/c1-24-18(23)11-12-10-17(13-6-2-3-7-14(13)20-12)25-19-21-15-8-4-5-9-16(15)22-19/h2-10H,11H2,1H3,(H,21,22). The third-order valence-electron chi connectivity index (χ3n) is 3.86. The van der Waals surface area contributed by atoms with Crippen molar-refractivity contribution in [2.75, 3.05) is 7.11 Å². The van der Waals surface area contributed by atoms with Gasteiger partial charge in [-0.25, -0.2) is 4.98 Å². The van der Waals surface area contributed by atoms with Gasteiger partial charge in [-0.2, -0.15) is 0 Å². The third-order valence-corrected chi connectivity index (χ3v) is 4.80. The van der Waals surface area contributed by atoms with Crippen LogP contribution >= 0.6 is 11.8 Å². The molecule has 25 heavy (non-hydrogen) atoms. The summed E-state index contributed by atoms with van der Waals surface area (Å²) in [7, 11) is 1.38. The number of pyridine rings is 1. The Hall–Kier alpha value is -2.86. The fraction of sp³-hybridized carbons (Fsp3) is 0.105. The molecule has 2 aromatic carbocycles. The van der Waals surface area contributed by atoms with Crippen molar-refractivity contribution in [1.82, 2.24) is 15.0 Å². The number of aromatic amines is 1. The number of rotatable bonds is 4. The highest BCUT2D eigenvalue weighted by Crippen LogP contribution is 2.33. The summed E-state index contributed by atoms with van der Waals surface area (Å²) in [5.41, 5.74) is 3.46. The van der Waals surface area contributed by atoms with Gasteiger partial charge in [-0.15, -0.1) is 0 Å². The van der Waals surface area contributed by atoms with E-state index in [4.69, 9.17) is 4.74 Å². The van der Waals surface area contributed by atoms with Gasteiger partial charge in [0.2, 0.25) is 0 Å². The molecule has 5 nitrogen and oxygen atoms in total. The molecule has 6 heteroatoms. The van der Waals surface area contributed by atoms with E-state index in [0.29, 0.717) is 5.69 Å². The summed E-state index contributed by atoms with van der Waals surface area (Å²) in [5, 5.41) is 1.84. The molecule has 0 saturated heterocycles. The zero-order valence-corrected chi connectivity index (χ0v) is 14.3. The van der Waals surface area contributed by atoms with Crippen LogP contribution in [0.4, 0.5) is 0 Å². The number of para-hydroxylation sites is 3. The van der Waals surface area contributed by atoms with Gasteiger partial charge in [0, 0.05) is 10.3 Å². The molecule has 0 unspecified atom stereocenters. The number of benzene rings is 2. The summed E-state index contributed by atoms with van der Waals surface area (Å²) in [6.45, 7) is 0. The Morgan fingerprint density at radius 1 is 1.08 bits per heavy atom. The monoisotopic (exact) mass is 349 g/mol. The van der Waals surface area contributed by atoms with Crippen molar-refractivity contribution in [3.05, 3.63) is 60.3 Å². The summed E-state index contributed by atoms with van der Waals surface area (Å²) < 4.78 is 4.76. The maximum absolute atomic E-state index is 11.6. The van der Waals surface area contributed by atoms with Crippen LogP contribution in [0.1, 0.15) is 5.69 Å². The second kappa shape index (κ2) is 6.57. The van der Waals surface area contributed by atoms with Crippen molar-refractivity contribution < 1.29 is 9.53 Å². The summed E-state index contributed by atoms with van der Waals surface area (Å²) in [4.78, 5) is 25.1. The van der Waals surface area contributed by atoms with Gasteiger partial charge < -0.3 is 9.72 Å². The van der Waals surface area contributed by atoms with Gasteiger partial charge in [0.15, 0.2) is 5.16 Å². The van der Waals surface area contributed by atoms with Crippen LogP contribution < -0.4 is 0 Å². The van der Waals surface area contributed by atoms with E-state index in [0.717, 1.165) is 32.0 Å². The molecule has 0 radical (unpaired) electrons. The number of imidazole rings is 1. The molecular formula is C19H15N3O2S. The number of fused-ring (bicyclic) bond motifs is 2. The lowest BCUT2D eigenvalue weighted by Gasteiger charge is -2.07. The van der Waals surface area contributed by atoms with Gasteiger partial charge in [-0.1, -0.05) is 42.1 Å². The maximum atomic E-state index is 11.6. The molecular weight excluding hydrogens is 334 g/mol. The quantitative estimate of drug-likeness (QED) is 0.565. The average Bonchev–Trinajstić information content (AvgIpc) is 3.04. The van der Waals surface area contributed by atoms with Crippen LogP contribution in [0.15, 0.2) is 64.6 Å². The molecule has 0 amide bonds. The molecule has 1 N–H and O–H groups in total. The molecule has 0 bridgehead atoms. The van der Waals surface area contributed by atoms with Crippen LogP contribution in [0, 0.1) is 0 Å². The number of carbonyl (C=O) groups excluding carboxylic acids is 1. The molecule has 0 aliphatic heterocycles. The number of H-pyrrole nitrogens is 1. The van der Waals surface area contributed by atoms with E-state index in [1.807, 2.05) is 54.6 Å². The summed E-state index contributed by atoms with van der Waals surface area (Å²) in [6.07, 6.45) is 0.148. The Morgan fingerprint density at radius 3 is 2.64 bits per heavy atom. The number of ether oxygens (including phenoxy) is 1. The van der Waals surface area contributed by atoms with Gasteiger partial charge in [-0.3, -0.25) is 9.78 Å². The van der Waals surface area contributed by atoms with Gasteiger partial charge in [-0.05, 0) is 24.3 Å². The molecule has 124 valence electrons. The number of methoxy groups -OCH3 is 1. The minimum Gasteiger partial charge on any atom is -0.469 e. The zero-order chi connectivity index (χ0) is 17.2. The second-order valence-electron chi connectivity index (χ2n) is 5.54. The van der Waals surface area contributed by atoms with Crippen LogP contribution in [0.2, 0.25) is 0 Å². The molecule has 4 rings (SSSR count). The first-order valence-electron chi connectivity index (χ1n) is 7.81. The fourth-order valence-electron chi connectivity index (χ4n) is 2.67. The first-order chi connectivity index (χ1) is 12.2. The second-order valence-corrected chi connectivity index (χ2v) is 6.57. The summed E-state index contributed by atoms with van der Waals surface area (Å²) >= 11 is 1.53. The van der Waals surface area contributed by atoms with Crippen molar-refractivity contribution in [3.8, 4) is 0 Å². The Labute approximate surface area is 148 Å². The lowest BCUT2D eigenvalue weighted by molar-refractivity contribution is -0.139. The molecule has 0 saturated carbocycles. The van der Waals surface area contributed by atoms with E-state index >= 15 is 0 Å². The Bertz CT molecular complexity index is 1040. The predicted octanol–water partition coefficient (Wildman–Crippen LogP) is 3.98. The SMILES string of the molecule is COC(=O)Cc1cc(Sc2nc3ccccc3[nH]2)c2ccccc2n1. The van der Waals surface area contributed by atoms with Crippen LogP contribution in [0.3, 0.4) is 0 Å². The smallest absolute Gasteiger partial charge is 0.311 e. The van der Waals surface area contributed by atoms with Crippen LogP contribution in [-0.2, 0) is 16.0 Å². The molecule has 0 atom stereocenters. The molecule has 0 fully saturated rings. The highest BCUT2D eigenvalue weighted by atomic mass is 32.2. The van der Waals surface area contributed by atoms with Crippen molar-refractivity contribution in [3.63, 3.8) is 0 Å². The topological polar surface area (TPSA) is 67.9 Å². The predicted molar refractivity (Wildman–Crippen MR) is 97.7 cm³/mol. The molecule has 2 heterocycles. The van der Waals surface area contributed by atoms with Crippen molar-refractivity contribution in [1.29, 1.82) is 0 Å². The van der Waals surface area contributed by atoms with Crippen molar-refractivity contribution >= 4 is 39.7 Å². The van der Waals surface area contributed by atoms with E-state index in [9.17, 15) is 4.79 Å². The van der Waals surface area contributed by atoms with Crippen molar-refractivity contribution in [2.45, 2.75) is 16.5 Å². The Kier molecular flexibility index (Phi) is 4.11. The minimum absolute atomic E-state index is 0.148. The van der Waals surface area contributed by atoms with E-state index in [2.05, 4.69) is 15.0 Å². The lowest BCUT2D eigenvalue weighted by atomic mass is 10.2. The normalized spacial score (nSPS) is 11.1. The molecule has 0 aliphatic carbocycles. The number of esters is 1. The third kappa shape index (κ3) is 3.21. The van der Waals surface area contributed by atoms with E-state index in [1.165, 1.54) is 18.9 Å². The van der Waals surface area contributed by atoms with Gasteiger partial charge in [0.1, 0.15) is 0 Å². The zero-order valence-electron chi connectivity index (χ0n) is 13.5. The highest BCUT2D eigenvalue weighted by Gasteiger charge is 2.12.